The number of nitrogens with one attached hydrogen (secondary N) is 1. The minimum atomic E-state index is -0.960. The number of carbonyl (C=O) groups is 2. The van der Waals surface area contributed by atoms with E-state index in [-0.39, 0.29) is 23.9 Å². The Kier molecular flexibility index (Phi) is 8.21. The van der Waals surface area contributed by atoms with E-state index in [0.29, 0.717) is 18.8 Å². The number of amides is 1. The van der Waals surface area contributed by atoms with Gasteiger partial charge in [0.15, 0.2) is 0 Å². The van der Waals surface area contributed by atoms with Crippen LogP contribution in [0.2, 0.25) is 0 Å². The molecule has 3 aromatic rings. The Morgan fingerprint density at radius 3 is 2.54 bits per heavy atom. The third-order valence-corrected chi connectivity index (χ3v) is 8.12. The molecule has 3 atom stereocenters. The van der Waals surface area contributed by atoms with E-state index in [9.17, 15) is 14.7 Å². The van der Waals surface area contributed by atoms with E-state index < -0.39 is 12.0 Å². The molecule has 2 aliphatic rings. The molecule has 1 saturated heterocycles. The first-order valence-electron chi connectivity index (χ1n) is 13.8. The van der Waals surface area contributed by atoms with Gasteiger partial charge in [-0.25, -0.2) is 9.78 Å². The van der Waals surface area contributed by atoms with Crippen LogP contribution in [0.1, 0.15) is 61.4 Å². The highest BCUT2D eigenvalue weighted by molar-refractivity contribution is 5.86. The number of aromatic nitrogens is 2. The van der Waals surface area contributed by atoms with Gasteiger partial charge in [0.2, 0.25) is 11.8 Å². The van der Waals surface area contributed by atoms with Crippen LogP contribution >= 0.6 is 0 Å². The second-order valence-corrected chi connectivity index (χ2v) is 10.5. The Labute approximate surface area is 229 Å². The summed E-state index contributed by atoms with van der Waals surface area (Å²) in [5.41, 5.74) is 4.63. The molecule has 8 heteroatoms. The van der Waals surface area contributed by atoms with Gasteiger partial charge in [-0.1, -0.05) is 55.7 Å². The van der Waals surface area contributed by atoms with Crippen LogP contribution in [0, 0.1) is 12.8 Å². The van der Waals surface area contributed by atoms with Gasteiger partial charge in [0.25, 0.3) is 0 Å². The molecule has 1 saturated carbocycles. The van der Waals surface area contributed by atoms with E-state index in [2.05, 4.69) is 15.3 Å². The van der Waals surface area contributed by atoms with Crippen LogP contribution in [0.25, 0.3) is 11.1 Å². The lowest BCUT2D eigenvalue weighted by Crippen LogP contribution is -2.46. The molecular formula is C31H36N4O4. The van der Waals surface area contributed by atoms with Gasteiger partial charge < -0.3 is 20.1 Å². The molecule has 0 bridgehead atoms. The van der Waals surface area contributed by atoms with Gasteiger partial charge in [-0.15, -0.1) is 0 Å². The lowest BCUT2D eigenvalue weighted by molar-refractivity contribution is -0.152. The summed E-state index contributed by atoms with van der Waals surface area (Å²) in [7, 11) is 1.59. The van der Waals surface area contributed by atoms with Crippen molar-refractivity contribution in [2.24, 2.45) is 5.92 Å². The van der Waals surface area contributed by atoms with Crippen LogP contribution in [0.3, 0.4) is 0 Å². The predicted molar refractivity (Wildman–Crippen MR) is 148 cm³/mol. The maximum absolute atomic E-state index is 13.9. The average Bonchev–Trinajstić information content (AvgIpc) is 3.36. The van der Waals surface area contributed by atoms with Crippen molar-refractivity contribution in [2.45, 2.75) is 70.1 Å². The Balaban J connectivity index is 1.46. The van der Waals surface area contributed by atoms with Crippen molar-refractivity contribution in [1.82, 2.24) is 20.2 Å². The maximum Gasteiger partial charge on any atom is 0.326 e. The molecule has 2 N–H and O–H groups in total. The molecule has 1 aromatic carbocycles. The van der Waals surface area contributed by atoms with Crippen LogP contribution < -0.4 is 10.1 Å². The van der Waals surface area contributed by atoms with Crippen molar-refractivity contribution >= 4 is 11.9 Å². The summed E-state index contributed by atoms with van der Waals surface area (Å²) in [6.07, 6.45) is 8.67. The number of rotatable bonds is 8. The minimum Gasteiger partial charge on any atom is -0.481 e. The first-order chi connectivity index (χ1) is 19.0. The van der Waals surface area contributed by atoms with Crippen molar-refractivity contribution in [2.75, 3.05) is 7.11 Å². The van der Waals surface area contributed by atoms with Crippen LogP contribution in [-0.4, -0.2) is 51.0 Å². The molecule has 2 fully saturated rings. The summed E-state index contributed by atoms with van der Waals surface area (Å²) in [5.74, 6) is -0.604. The smallest absolute Gasteiger partial charge is 0.326 e. The Bertz CT molecular complexity index is 1310. The molecule has 5 rings (SSSR count). The van der Waals surface area contributed by atoms with Gasteiger partial charge >= 0.3 is 5.97 Å². The standard InChI is InChI=1S/C31H36N4O4/c1-20-25(14-9-15-32-20)23-16-24(29(39-2)34-18-23)19-33-26-17-27(31(37)38)35(28(26)21-10-5-3-6-11-21)30(36)22-12-7-4-8-13-22/h3,5-6,9-11,14-16,18,22,26-28,33H,4,7-8,12-13,17,19H2,1-2H3,(H,37,38). The van der Waals surface area contributed by atoms with Crippen LogP contribution in [0.4, 0.5) is 0 Å². The van der Waals surface area contributed by atoms with E-state index in [1.54, 1.807) is 24.4 Å². The lowest BCUT2D eigenvalue weighted by atomic mass is 9.87. The van der Waals surface area contributed by atoms with Crippen LogP contribution in [0.15, 0.2) is 60.9 Å². The second kappa shape index (κ2) is 11.9. The molecule has 0 radical (unpaired) electrons. The van der Waals surface area contributed by atoms with Crippen molar-refractivity contribution in [1.29, 1.82) is 0 Å². The van der Waals surface area contributed by atoms with Gasteiger partial charge in [0.05, 0.1) is 13.2 Å². The molecule has 3 unspecified atom stereocenters. The van der Waals surface area contributed by atoms with Crippen LogP contribution in [0.5, 0.6) is 5.88 Å². The number of hydrogen-bond donors (Lipinski definition) is 2. The zero-order valence-electron chi connectivity index (χ0n) is 22.5. The van der Waals surface area contributed by atoms with E-state index in [1.807, 2.05) is 55.5 Å². The molecule has 204 valence electrons. The second-order valence-electron chi connectivity index (χ2n) is 10.5. The molecular weight excluding hydrogens is 492 g/mol. The summed E-state index contributed by atoms with van der Waals surface area (Å²) in [6, 6.07) is 14.2. The average molecular weight is 529 g/mol. The van der Waals surface area contributed by atoms with Gasteiger partial charge in [-0.05, 0) is 43.9 Å². The third-order valence-electron chi connectivity index (χ3n) is 8.12. The highest BCUT2D eigenvalue weighted by atomic mass is 16.5. The SMILES string of the molecule is COc1ncc(-c2cccnc2C)cc1CNC1CC(C(=O)O)N(C(=O)C2CCCCC2)C1c1ccccc1. The number of aryl methyl sites for hydroxylation is 1. The first-order valence-corrected chi connectivity index (χ1v) is 13.8. The number of carboxylic acid groups (broad SMARTS) is 1. The fourth-order valence-electron chi connectivity index (χ4n) is 6.17. The van der Waals surface area contributed by atoms with Gasteiger partial charge in [-0.3, -0.25) is 9.78 Å². The number of aliphatic carboxylic acids is 1. The molecule has 1 aliphatic carbocycles. The number of carbonyl (C=O) groups excluding carboxylic acids is 1. The molecule has 8 nitrogen and oxygen atoms in total. The van der Waals surface area contributed by atoms with Gasteiger partial charge in [0.1, 0.15) is 6.04 Å². The summed E-state index contributed by atoms with van der Waals surface area (Å²) < 4.78 is 5.57. The number of ether oxygens (including phenoxy) is 1. The quantitative estimate of drug-likeness (QED) is 0.427. The fraction of sp³-hybridized carbons (Fsp3) is 0.419. The van der Waals surface area contributed by atoms with E-state index >= 15 is 0 Å². The molecule has 1 amide bonds. The van der Waals surface area contributed by atoms with E-state index in [4.69, 9.17) is 4.74 Å². The third kappa shape index (κ3) is 5.66. The number of methoxy groups -OCH3 is 1. The highest BCUT2D eigenvalue weighted by Crippen LogP contribution is 2.40. The van der Waals surface area contributed by atoms with Crippen molar-refractivity contribution in [3.63, 3.8) is 0 Å². The Morgan fingerprint density at radius 2 is 1.85 bits per heavy atom. The molecule has 0 spiro atoms. The topological polar surface area (TPSA) is 105 Å². The highest BCUT2D eigenvalue weighted by Gasteiger charge is 2.49. The predicted octanol–water partition coefficient (Wildman–Crippen LogP) is 4.93. The number of carboxylic acids is 1. The molecule has 1 aliphatic heterocycles. The van der Waals surface area contributed by atoms with Crippen molar-refractivity contribution in [3.8, 4) is 17.0 Å². The van der Waals surface area contributed by atoms with Crippen LogP contribution in [-0.2, 0) is 16.1 Å². The summed E-state index contributed by atoms with van der Waals surface area (Å²) in [4.78, 5) is 36.9. The number of nitrogens with zero attached hydrogens (tertiary/aromatic N) is 3. The number of pyridine rings is 2. The summed E-state index contributed by atoms with van der Waals surface area (Å²) >= 11 is 0. The minimum absolute atomic E-state index is 0.0337. The van der Waals surface area contributed by atoms with E-state index in [0.717, 1.165) is 60.1 Å². The Hall–Kier alpha value is -3.78. The zero-order chi connectivity index (χ0) is 27.4. The maximum atomic E-state index is 13.9. The number of likely N-dealkylation sites (tertiary alicyclic amines) is 1. The summed E-state index contributed by atoms with van der Waals surface area (Å²) in [5, 5.41) is 13.8. The van der Waals surface area contributed by atoms with E-state index in [1.165, 1.54) is 0 Å². The van der Waals surface area contributed by atoms with Crippen molar-refractivity contribution < 1.29 is 19.4 Å². The largest absolute Gasteiger partial charge is 0.481 e. The fourth-order valence-corrected chi connectivity index (χ4v) is 6.17. The molecule has 3 heterocycles. The zero-order valence-corrected chi connectivity index (χ0v) is 22.5. The lowest BCUT2D eigenvalue weighted by Gasteiger charge is -2.35. The molecule has 39 heavy (non-hydrogen) atoms. The monoisotopic (exact) mass is 528 g/mol. The normalized spacial score (nSPS) is 21.6. The summed E-state index contributed by atoms with van der Waals surface area (Å²) in [6.45, 7) is 2.37. The Morgan fingerprint density at radius 1 is 1.08 bits per heavy atom. The van der Waals surface area contributed by atoms with Crippen molar-refractivity contribution in [3.05, 3.63) is 77.7 Å². The van der Waals surface area contributed by atoms with Gasteiger partial charge in [0, 0.05) is 53.3 Å². The number of hydrogen-bond acceptors (Lipinski definition) is 6. The molecule has 2 aromatic heterocycles. The first kappa shape index (κ1) is 26.8. The van der Waals surface area contributed by atoms with Gasteiger partial charge in [-0.2, -0.15) is 0 Å². The number of benzene rings is 1.